The molecule has 0 aliphatic rings. The standard InChI is InChI=1S/C10H12N2/c1-7-6-12(3)10-4-8(2)11-5-9(7)10/h4-6H,1-3H3. The van der Waals surface area contributed by atoms with Crippen LogP contribution in [0.25, 0.3) is 10.9 Å². The molecule has 0 N–H and O–H groups in total. The highest BCUT2D eigenvalue weighted by Crippen LogP contribution is 2.18. The lowest BCUT2D eigenvalue weighted by Gasteiger charge is -1.96. The summed E-state index contributed by atoms with van der Waals surface area (Å²) in [6, 6.07) is 2.11. The van der Waals surface area contributed by atoms with Crippen LogP contribution in [0.5, 0.6) is 0 Å². The van der Waals surface area contributed by atoms with E-state index < -0.39 is 0 Å². The van der Waals surface area contributed by atoms with Crippen molar-refractivity contribution < 1.29 is 0 Å². The number of hydrogen-bond donors (Lipinski definition) is 0. The van der Waals surface area contributed by atoms with Gasteiger partial charge in [-0.15, -0.1) is 0 Å². The highest BCUT2D eigenvalue weighted by atomic mass is 14.9. The van der Waals surface area contributed by atoms with Crippen molar-refractivity contribution in [3.63, 3.8) is 0 Å². The van der Waals surface area contributed by atoms with Gasteiger partial charge in [-0.25, -0.2) is 0 Å². The molecule has 0 radical (unpaired) electrons. The Morgan fingerprint density at radius 1 is 1.33 bits per heavy atom. The maximum absolute atomic E-state index is 4.27. The van der Waals surface area contributed by atoms with Crippen molar-refractivity contribution in [3.05, 3.63) is 29.7 Å². The van der Waals surface area contributed by atoms with Crippen LogP contribution < -0.4 is 0 Å². The third kappa shape index (κ3) is 0.916. The van der Waals surface area contributed by atoms with E-state index in [1.54, 1.807) is 0 Å². The minimum absolute atomic E-state index is 1.07. The van der Waals surface area contributed by atoms with Gasteiger partial charge < -0.3 is 4.57 Å². The highest BCUT2D eigenvalue weighted by Gasteiger charge is 2.02. The number of fused-ring (bicyclic) bond motifs is 1. The van der Waals surface area contributed by atoms with Crippen molar-refractivity contribution in [1.29, 1.82) is 0 Å². The minimum atomic E-state index is 1.07. The number of aryl methyl sites for hydroxylation is 3. The molecular weight excluding hydrogens is 148 g/mol. The topological polar surface area (TPSA) is 17.8 Å². The molecular formula is C10H12N2. The summed E-state index contributed by atoms with van der Waals surface area (Å²) in [6.45, 7) is 4.13. The molecule has 0 aliphatic heterocycles. The van der Waals surface area contributed by atoms with E-state index in [9.17, 15) is 0 Å². The summed E-state index contributed by atoms with van der Waals surface area (Å²) < 4.78 is 2.14. The van der Waals surface area contributed by atoms with Gasteiger partial charge in [0, 0.05) is 30.5 Å². The van der Waals surface area contributed by atoms with Gasteiger partial charge in [-0.1, -0.05) is 0 Å². The Morgan fingerprint density at radius 3 is 2.83 bits per heavy atom. The van der Waals surface area contributed by atoms with Gasteiger partial charge in [-0.3, -0.25) is 4.98 Å². The largest absolute Gasteiger partial charge is 0.350 e. The zero-order valence-electron chi connectivity index (χ0n) is 7.63. The van der Waals surface area contributed by atoms with Crippen molar-refractivity contribution in [2.24, 2.45) is 7.05 Å². The van der Waals surface area contributed by atoms with Crippen LogP contribution in [-0.2, 0) is 7.05 Å². The van der Waals surface area contributed by atoms with E-state index in [1.165, 1.54) is 16.5 Å². The SMILES string of the molecule is Cc1cc2c(cn1)c(C)cn2C. The second-order valence-electron chi connectivity index (χ2n) is 3.27. The molecule has 2 nitrogen and oxygen atoms in total. The summed E-state index contributed by atoms with van der Waals surface area (Å²) in [5.74, 6) is 0. The molecule has 2 aromatic heterocycles. The smallest absolute Gasteiger partial charge is 0.0514 e. The van der Waals surface area contributed by atoms with Crippen molar-refractivity contribution in [2.75, 3.05) is 0 Å². The van der Waals surface area contributed by atoms with Crippen molar-refractivity contribution in [3.8, 4) is 0 Å². The lowest BCUT2D eigenvalue weighted by atomic mass is 10.2. The molecule has 0 spiro atoms. The van der Waals surface area contributed by atoms with Gasteiger partial charge in [0.2, 0.25) is 0 Å². The first-order valence-corrected chi connectivity index (χ1v) is 4.07. The number of aromatic nitrogens is 2. The molecule has 0 aliphatic carbocycles. The fraction of sp³-hybridized carbons (Fsp3) is 0.300. The summed E-state index contributed by atoms with van der Waals surface area (Å²) in [5, 5.41) is 1.25. The van der Waals surface area contributed by atoms with Crippen LogP contribution in [0.15, 0.2) is 18.5 Å². The molecule has 2 heterocycles. The zero-order valence-corrected chi connectivity index (χ0v) is 7.63. The first kappa shape index (κ1) is 7.35. The number of pyridine rings is 1. The van der Waals surface area contributed by atoms with E-state index in [2.05, 4.69) is 35.8 Å². The predicted molar refractivity (Wildman–Crippen MR) is 50.2 cm³/mol. The molecule has 0 atom stereocenters. The third-order valence-electron chi connectivity index (χ3n) is 2.21. The summed E-state index contributed by atoms with van der Waals surface area (Å²) in [7, 11) is 2.06. The Labute approximate surface area is 71.8 Å². The van der Waals surface area contributed by atoms with Crippen molar-refractivity contribution >= 4 is 10.9 Å². The zero-order chi connectivity index (χ0) is 8.72. The predicted octanol–water partition coefficient (Wildman–Crippen LogP) is 2.19. The van der Waals surface area contributed by atoms with Crippen LogP contribution in [-0.4, -0.2) is 9.55 Å². The normalized spacial score (nSPS) is 10.9. The van der Waals surface area contributed by atoms with E-state index in [1.807, 2.05) is 13.1 Å². The van der Waals surface area contributed by atoms with Gasteiger partial charge in [0.1, 0.15) is 0 Å². The summed E-state index contributed by atoms with van der Waals surface area (Å²) in [5.41, 5.74) is 3.63. The number of nitrogens with zero attached hydrogens (tertiary/aromatic N) is 2. The second-order valence-corrected chi connectivity index (χ2v) is 3.27. The monoisotopic (exact) mass is 160 g/mol. The second kappa shape index (κ2) is 2.34. The van der Waals surface area contributed by atoms with Crippen LogP contribution in [0.2, 0.25) is 0 Å². The van der Waals surface area contributed by atoms with E-state index in [4.69, 9.17) is 0 Å². The average molecular weight is 160 g/mol. The molecule has 0 bridgehead atoms. The van der Waals surface area contributed by atoms with Gasteiger partial charge in [0.15, 0.2) is 0 Å². The third-order valence-corrected chi connectivity index (χ3v) is 2.21. The fourth-order valence-electron chi connectivity index (χ4n) is 1.57. The first-order chi connectivity index (χ1) is 5.68. The van der Waals surface area contributed by atoms with Crippen LogP contribution >= 0.6 is 0 Å². The maximum Gasteiger partial charge on any atom is 0.0514 e. The van der Waals surface area contributed by atoms with Crippen LogP contribution in [0.1, 0.15) is 11.3 Å². The van der Waals surface area contributed by atoms with Gasteiger partial charge >= 0.3 is 0 Å². The van der Waals surface area contributed by atoms with Gasteiger partial charge in [0.25, 0.3) is 0 Å². The summed E-state index contributed by atoms with van der Waals surface area (Å²) in [4.78, 5) is 4.27. The van der Waals surface area contributed by atoms with Crippen molar-refractivity contribution in [2.45, 2.75) is 13.8 Å². The van der Waals surface area contributed by atoms with Crippen LogP contribution in [0.3, 0.4) is 0 Å². The minimum Gasteiger partial charge on any atom is -0.350 e. The molecule has 0 saturated heterocycles. The Hall–Kier alpha value is -1.31. The molecule has 0 fully saturated rings. The molecule has 0 amide bonds. The molecule has 2 heteroatoms. The molecule has 0 saturated carbocycles. The van der Waals surface area contributed by atoms with Crippen LogP contribution in [0, 0.1) is 13.8 Å². The van der Waals surface area contributed by atoms with Gasteiger partial charge in [0.05, 0.1) is 5.52 Å². The lowest BCUT2D eigenvalue weighted by Crippen LogP contribution is -1.85. The molecule has 0 unspecified atom stereocenters. The number of hydrogen-bond acceptors (Lipinski definition) is 1. The van der Waals surface area contributed by atoms with Gasteiger partial charge in [-0.2, -0.15) is 0 Å². The van der Waals surface area contributed by atoms with Crippen molar-refractivity contribution in [1.82, 2.24) is 9.55 Å². The summed E-state index contributed by atoms with van der Waals surface area (Å²) in [6.07, 6.45) is 4.08. The van der Waals surface area contributed by atoms with Crippen LogP contribution in [0.4, 0.5) is 0 Å². The maximum atomic E-state index is 4.27. The van der Waals surface area contributed by atoms with E-state index >= 15 is 0 Å². The number of rotatable bonds is 0. The van der Waals surface area contributed by atoms with E-state index in [-0.39, 0.29) is 0 Å². The Morgan fingerprint density at radius 2 is 2.08 bits per heavy atom. The Kier molecular flexibility index (Phi) is 1.43. The first-order valence-electron chi connectivity index (χ1n) is 4.07. The Bertz CT molecular complexity index is 427. The van der Waals surface area contributed by atoms with E-state index in [0.29, 0.717) is 0 Å². The highest BCUT2D eigenvalue weighted by molar-refractivity contribution is 5.83. The molecule has 0 aromatic carbocycles. The molecule has 12 heavy (non-hydrogen) atoms. The fourth-order valence-corrected chi connectivity index (χ4v) is 1.57. The Balaban J connectivity index is 2.90. The summed E-state index contributed by atoms with van der Waals surface area (Å²) >= 11 is 0. The quantitative estimate of drug-likeness (QED) is 0.577. The molecule has 62 valence electrons. The van der Waals surface area contributed by atoms with Gasteiger partial charge in [-0.05, 0) is 25.5 Å². The average Bonchev–Trinajstić information content (AvgIpc) is 2.28. The molecule has 2 rings (SSSR count). The molecule has 2 aromatic rings. The van der Waals surface area contributed by atoms with E-state index in [0.717, 1.165) is 5.69 Å². The lowest BCUT2D eigenvalue weighted by molar-refractivity contribution is 0.961.